The number of rotatable bonds is 15. The van der Waals surface area contributed by atoms with Gasteiger partial charge >= 0.3 is 0 Å². The first kappa shape index (κ1) is 23.5. The largest absolute Gasteiger partial charge is 0.317 e. The highest BCUT2D eigenvalue weighted by molar-refractivity contribution is 5.76. The van der Waals surface area contributed by atoms with Crippen LogP contribution in [0.3, 0.4) is 0 Å². The average molecular weight is 433 g/mol. The van der Waals surface area contributed by atoms with E-state index in [4.69, 9.17) is 0 Å². The van der Waals surface area contributed by atoms with Gasteiger partial charge in [0.05, 0.1) is 0 Å². The Morgan fingerprint density at radius 1 is 0.656 bits per heavy atom. The van der Waals surface area contributed by atoms with Crippen molar-refractivity contribution in [3.63, 3.8) is 0 Å². The number of nitrogens with one attached hydrogen (secondary N) is 2. The van der Waals surface area contributed by atoms with Crippen molar-refractivity contribution in [3.8, 4) is 11.1 Å². The molecule has 0 spiro atoms. The Morgan fingerprint density at radius 2 is 1.34 bits per heavy atom. The summed E-state index contributed by atoms with van der Waals surface area (Å²) in [7, 11) is 0. The molecule has 2 aliphatic rings. The summed E-state index contributed by atoms with van der Waals surface area (Å²) in [4.78, 5) is 0. The Balaban J connectivity index is 0.956. The number of fused-ring (bicyclic) bond motifs is 3. The zero-order valence-corrected chi connectivity index (χ0v) is 20.1. The lowest BCUT2D eigenvalue weighted by molar-refractivity contribution is 0.467. The summed E-state index contributed by atoms with van der Waals surface area (Å²) in [5.74, 6) is 1.05. The normalized spacial score (nSPS) is 15.2. The summed E-state index contributed by atoms with van der Waals surface area (Å²) in [5, 5.41) is 7.29. The van der Waals surface area contributed by atoms with E-state index >= 15 is 0 Å². The summed E-state index contributed by atoms with van der Waals surface area (Å²) in [6.45, 7) is 4.77. The maximum atomic E-state index is 3.65. The van der Waals surface area contributed by atoms with Crippen LogP contribution in [0.15, 0.2) is 42.5 Å². The Hall–Kier alpha value is -1.64. The Labute approximate surface area is 196 Å². The van der Waals surface area contributed by atoms with Crippen LogP contribution in [0, 0.1) is 5.92 Å². The fourth-order valence-electron chi connectivity index (χ4n) is 5.67. The minimum atomic E-state index is 1.05. The molecule has 174 valence electrons. The van der Waals surface area contributed by atoms with Crippen molar-refractivity contribution in [1.29, 1.82) is 0 Å². The third-order valence-electron chi connectivity index (χ3n) is 7.57. The zero-order chi connectivity index (χ0) is 21.8. The van der Waals surface area contributed by atoms with Gasteiger partial charge in [-0.05, 0) is 111 Å². The lowest BCUT2D eigenvalue weighted by Gasteiger charge is -2.09. The van der Waals surface area contributed by atoms with Gasteiger partial charge in [-0.3, -0.25) is 0 Å². The minimum absolute atomic E-state index is 1.05. The summed E-state index contributed by atoms with van der Waals surface area (Å²) < 4.78 is 0. The molecule has 0 atom stereocenters. The number of unbranched alkanes of at least 4 members (excludes halogenated alkanes) is 3. The molecule has 0 aliphatic heterocycles. The molecule has 0 aromatic heterocycles. The van der Waals surface area contributed by atoms with Crippen LogP contribution in [0.25, 0.3) is 11.1 Å². The molecule has 2 aromatic rings. The molecule has 2 nitrogen and oxygen atoms in total. The summed E-state index contributed by atoms with van der Waals surface area (Å²) in [6, 6.07) is 16.0. The van der Waals surface area contributed by atoms with Gasteiger partial charge in [-0.25, -0.2) is 0 Å². The molecular weight excluding hydrogens is 388 g/mol. The first-order chi connectivity index (χ1) is 15.9. The van der Waals surface area contributed by atoms with Gasteiger partial charge < -0.3 is 10.6 Å². The molecule has 2 N–H and O–H groups in total. The minimum Gasteiger partial charge on any atom is -0.317 e. The van der Waals surface area contributed by atoms with E-state index in [2.05, 4.69) is 53.1 Å². The van der Waals surface area contributed by atoms with Crippen LogP contribution in [0.2, 0.25) is 0 Å². The van der Waals surface area contributed by atoms with Gasteiger partial charge in [-0.15, -0.1) is 0 Å². The van der Waals surface area contributed by atoms with Gasteiger partial charge in [0.2, 0.25) is 0 Å². The molecule has 0 saturated heterocycles. The van der Waals surface area contributed by atoms with Crippen molar-refractivity contribution in [2.45, 2.75) is 83.5 Å². The predicted octanol–water partition coefficient (Wildman–Crippen LogP) is 6.90. The van der Waals surface area contributed by atoms with E-state index in [1.165, 1.54) is 125 Å². The molecule has 0 unspecified atom stereocenters. The molecule has 1 saturated carbocycles. The highest BCUT2D eigenvalue weighted by Gasteiger charge is 2.17. The fourth-order valence-corrected chi connectivity index (χ4v) is 5.67. The van der Waals surface area contributed by atoms with E-state index in [1.807, 2.05) is 0 Å². The summed E-state index contributed by atoms with van der Waals surface area (Å²) in [6.07, 6.45) is 17.7. The van der Waals surface area contributed by atoms with Crippen LogP contribution >= 0.6 is 0 Å². The van der Waals surface area contributed by atoms with E-state index in [1.54, 1.807) is 0 Å². The average Bonchev–Trinajstić information content (AvgIpc) is 3.46. The van der Waals surface area contributed by atoms with E-state index < -0.39 is 0 Å². The van der Waals surface area contributed by atoms with E-state index in [0.29, 0.717) is 0 Å². The molecule has 2 aromatic carbocycles. The zero-order valence-electron chi connectivity index (χ0n) is 20.1. The number of hydrogen-bond donors (Lipinski definition) is 2. The quantitative estimate of drug-likeness (QED) is 0.255. The van der Waals surface area contributed by atoms with Gasteiger partial charge in [0.1, 0.15) is 0 Å². The molecule has 0 radical (unpaired) electrons. The number of hydrogen-bond acceptors (Lipinski definition) is 2. The summed E-state index contributed by atoms with van der Waals surface area (Å²) >= 11 is 0. The lowest BCUT2D eigenvalue weighted by atomic mass is 10.0. The second-order valence-corrected chi connectivity index (χ2v) is 10.1. The fraction of sp³-hybridized carbons (Fsp3) is 0.600. The monoisotopic (exact) mass is 432 g/mol. The molecule has 2 aliphatic carbocycles. The van der Waals surface area contributed by atoms with E-state index in [-0.39, 0.29) is 0 Å². The van der Waals surface area contributed by atoms with E-state index in [0.717, 1.165) is 18.9 Å². The molecule has 1 fully saturated rings. The Kier molecular flexibility index (Phi) is 9.67. The van der Waals surface area contributed by atoms with Crippen molar-refractivity contribution in [3.05, 3.63) is 59.2 Å². The van der Waals surface area contributed by atoms with Gasteiger partial charge in [0, 0.05) is 0 Å². The van der Waals surface area contributed by atoms with Gasteiger partial charge in [0.25, 0.3) is 0 Å². The lowest BCUT2D eigenvalue weighted by Crippen LogP contribution is -2.19. The molecule has 0 amide bonds. The van der Waals surface area contributed by atoms with Gasteiger partial charge in [0.15, 0.2) is 0 Å². The van der Waals surface area contributed by atoms with Crippen LogP contribution in [0.1, 0.15) is 87.3 Å². The molecule has 2 heteroatoms. The number of aryl methyl sites for hydroxylation is 1. The van der Waals surface area contributed by atoms with Crippen LogP contribution in [-0.4, -0.2) is 26.2 Å². The molecule has 0 bridgehead atoms. The van der Waals surface area contributed by atoms with E-state index in [9.17, 15) is 0 Å². The molecule has 32 heavy (non-hydrogen) atoms. The van der Waals surface area contributed by atoms with Crippen molar-refractivity contribution >= 4 is 0 Å². The van der Waals surface area contributed by atoms with Gasteiger partial charge in [-0.1, -0.05) is 74.6 Å². The highest BCUT2D eigenvalue weighted by atomic mass is 14.8. The van der Waals surface area contributed by atoms with Crippen LogP contribution < -0.4 is 10.6 Å². The molecule has 0 heterocycles. The highest BCUT2D eigenvalue weighted by Crippen LogP contribution is 2.36. The SMILES string of the molecule is c1ccc2c(c1)Cc1cc(CCCCNCCCCCNCCCC3CCCC3)ccc1-2. The third kappa shape index (κ3) is 7.18. The van der Waals surface area contributed by atoms with Gasteiger partial charge in [-0.2, -0.15) is 0 Å². The molecule has 4 rings (SSSR count). The Morgan fingerprint density at radius 3 is 2.16 bits per heavy atom. The first-order valence-corrected chi connectivity index (χ1v) is 13.5. The van der Waals surface area contributed by atoms with Crippen molar-refractivity contribution in [2.24, 2.45) is 5.92 Å². The van der Waals surface area contributed by atoms with Crippen molar-refractivity contribution in [1.82, 2.24) is 10.6 Å². The first-order valence-electron chi connectivity index (χ1n) is 13.5. The summed E-state index contributed by atoms with van der Waals surface area (Å²) in [5.41, 5.74) is 7.40. The second-order valence-electron chi connectivity index (χ2n) is 10.1. The maximum Gasteiger partial charge on any atom is -0.00134 e. The maximum absolute atomic E-state index is 3.65. The van der Waals surface area contributed by atoms with Crippen LogP contribution in [0.5, 0.6) is 0 Å². The standard InChI is InChI=1S/C30H44N2/c1(8-20-32-22-10-14-25-11-2-3-12-25)7-19-31-21-9-6-13-26-17-18-30-28(23-26)24-27-15-4-5-16-29(27)30/h4-5,15-18,23,25,31-32H,1-3,6-14,19-22,24H2. The predicted molar refractivity (Wildman–Crippen MR) is 138 cm³/mol. The third-order valence-corrected chi connectivity index (χ3v) is 7.57. The van der Waals surface area contributed by atoms with Crippen LogP contribution in [0.4, 0.5) is 0 Å². The smallest absolute Gasteiger partial charge is 0.00134 e. The second kappa shape index (κ2) is 13.2. The number of benzene rings is 2. The Bertz CT molecular complexity index is 806. The van der Waals surface area contributed by atoms with Crippen molar-refractivity contribution < 1.29 is 0 Å². The molecular formula is C30H44N2. The van der Waals surface area contributed by atoms with Crippen molar-refractivity contribution in [2.75, 3.05) is 26.2 Å². The van der Waals surface area contributed by atoms with Crippen LogP contribution in [-0.2, 0) is 12.8 Å². The topological polar surface area (TPSA) is 24.1 Å².